The van der Waals surface area contributed by atoms with E-state index in [4.69, 9.17) is 10.5 Å². The Bertz CT molecular complexity index is 659. The third kappa shape index (κ3) is 3.80. The molecule has 0 aliphatic rings. The lowest BCUT2D eigenvalue weighted by Crippen LogP contribution is -2.05. The van der Waals surface area contributed by atoms with Crippen LogP contribution in [0.3, 0.4) is 0 Å². The van der Waals surface area contributed by atoms with Crippen molar-refractivity contribution < 1.29 is 9.66 Å². The average Bonchev–Trinajstić information content (AvgIpc) is 2.46. The van der Waals surface area contributed by atoms with Crippen LogP contribution in [0.15, 0.2) is 46.9 Å². The molecule has 0 saturated heterocycles. The van der Waals surface area contributed by atoms with Crippen LogP contribution in [0.1, 0.15) is 24.1 Å². The van der Waals surface area contributed by atoms with E-state index in [2.05, 4.69) is 15.9 Å². The molecular formula is C15H15BrN2O3. The molecule has 1 atom stereocenters. The van der Waals surface area contributed by atoms with Gasteiger partial charge in [0.05, 0.1) is 4.92 Å². The summed E-state index contributed by atoms with van der Waals surface area (Å²) in [6.45, 7) is 2.14. The lowest BCUT2D eigenvalue weighted by molar-refractivity contribution is -0.385. The van der Waals surface area contributed by atoms with E-state index in [0.29, 0.717) is 10.2 Å². The van der Waals surface area contributed by atoms with Gasteiger partial charge in [-0.05, 0) is 40.5 Å². The Balaban J connectivity index is 2.15. The second kappa shape index (κ2) is 6.69. The third-order valence-electron chi connectivity index (χ3n) is 3.03. The normalized spacial score (nSPS) is 12.0. The van der Waals surface area contributed by atoms with Gasteiger partial charge in [-0.2, -0.15) is 0 Å². The quantitative estimate of drug-likeness (QED) is 0.653. The minimum absolute atomic E-state index is 0.0282. The van der Waals surface area contributed by atoms with Gasteiger partial charge < -0.3 is 10.5 Å². The summed E-state index contributed by atoms with van der Waals surface area (Å²) in [7, 11) is 0. The van der Waals surface area contributed by atoms with Gasteiger partial charge in [0.2, 0.25) is 0 Å². The molecule has 0 saturated carbocycles. The number of hydrogen-bond acceptors (Lipinski definition) is 4. The average molecular weight is 351 g/mol. The van der Waals surface area contributed by atoms with Crippen LogP contribution in [-0.2, 0) is 6.61 Å². The Kier molecular flexibility index (Phi) is 4.93. The topological polar surface area (TPSA) is 78.4 Å². The maximum atomic E-state index is 10.9. The summed E-state index contributed by atoms with van der Waals surface area (Å²) in [5.74, 6) is 0.684. The molecule has 2 aromatic rings. The molecule has 2 N–H and O–H groups in total. The van der Waals surface area contributed by atoms with Crippen LogP contribution in [0, 0.1) is 10.1 Å². The Hall–Kier alpha value is -1.92. The number of nitrogens with zero attached hydrogens (tertiary/aromatic N) is 1. The van der Waals surface area contributed by atoms with Gasteiger partial charge in [0.15, 0.2) is 0 Å². The zero-order chi connectivity index (χ0) is 15.4. The van der Waals surface area contributed by atoms with E-state index in [1.807, 2.05) is 31.2 Å². The Morgan fingerprint density at radius 2 is 2.05 bits per heavy atom. The molecule has 0 amide bonds. The van der Waals surface area contributed by atoms with Gasteiger partial charge in [-0.25, -0.2) is 0 Å². The van der Waals surface area contributed by atoms with Gasteiger partial charge in [-0.1, -0.05) is 24.3 Å². The molecule has 0 spiro atoms. The predicted octanol–water partition coefficient (Wildman–Crippen LogP) is 3.96. The molecule has 0 aliphatic carbocycles. The summed E-state index contributed by atoms with van der Waals surface area (Å²) in [5, 5.41) is 10.9. The summed E-state index contributed by atoms with van der Waals surface area (Å²) in [5.41, 5.74) is 7.55. The molecule has 21 heavy (non-hydrogen) atoms. The third-order valence-corrected chi connectivity index (χ3v) is 3.95. The minimum atomic E-state index is -0.426. The molecule has 0 unspecified atom stereocenters. The van der Waals surface area contributed by atoms with Gasteiger partial charge in [0.25, 0.3) is 5.69 Å². The van der Waals surface area contributed by atoms with Crippen molar-refractivity contribution in [1.29, 1.82) is 0 Å². The largest absolute Gasteiger partial charge is 0.489 e. The zero-order valence-corrected chi connectivity index (χ0v) is 13.0. The molecule has 0 aromatic heterocycles. The van der Waals surface area contributed by atoms with E-state index >= 15 is 0 Å². The minimum Gasteiger partial charge on any atom is -0.489 e. The number of ether oxygens (including phenoxy) is 1. The summed E-state index contributed by atoms with van der Waals surface area (Å²) >= 11 is 3.25. The van der Waals surface area contributed by atoms with E-state index in [-0.39, 0.29) is 18.3 Å². The molecular weight excluding hydrogens is 336 g/mol. The number of hydrogen-bond donors (Lipinski definition) is 1. The van der Waals surface area contributed by atoms with Crippen molar-refractivity contribution in [3.63, 3.8) is 0 Å². The Labute approximate surface area is 131 Å². The van der Waals surface area contributed by atoms with Crippen LogP contribution in [0.25, 0.3) is 0 Å². The second-order valence-corrected chi connectivity index (χ2v) is 5.45. The molecule has 2 aromatic carbocycles. The summed E-state index contributed by atoms with van der Waals surface area (Å²) in [6, 6.07) is 12.3. The van der Waals surface area contributed by atoms with E-state index in [9.17, 15) is 10.1 Å². The van der Waals surface area contributed by atoms with E-state index < -0.39 is 4.92 Å². The lowest BCUT2D eigenvalue weighted by atomic mass is 10.1. The first kappa shape index (κ1) is 15.5. The van der Waals surface area contributed by atoms with Gasteiger partial charge in [0, 0.05) is 17.7 Å². The standard InChI is InChI=1S/C15H15BrN2O3/c1-10(17)11-4-2-6-13(8-11)21-9-12-5-3-7-14(15(12)16)18(19)20/h2-8,10H,9,17H2,1H3/t10-/m1/s1. The highest BCUT2D eigenvalue weighted by molar-refractivity contribution is 9.10. The molecule has 2 rings (SSSR count). The van der Waals surface area contributed by atoms with Gasteiger partial charge in [0.1, 0.15) is 16.8 Å². The van der Waals surface area contributed by atoms with Crippen LogP contribution in [0.4, 0.5) is 5.69 Å². The first-order valence-corrected chi connectivity index (χ1v) is 7.18. The fourth-order valence-electron chi connectivity index (χ4n) is 1.87. The van der Waals surface area contributed by atoms with Gasteiger partial charge >= 0.3 is 0 Å². The number of nitro benzene ring substituents is 1. The summed E-state index contributed by atoms with van der Waals surface area (Å²) in [4.78, 5) is 10.5. The Morgan fingerprint density at radius 3 is 2.71 bits per heavy atom. The van der Waals surface area contributed by atoms with Crippen molar-refractivity contribution in [2.24, 2.45) is 5.73 Å². The first-order chi connectivity index (χ1) is 9.99. The van der Waals surface area contributed by atoms with E-state index in [0.717, 1.165) is 11.1 Å². The van der Waals surface area contributed by atoms with E-state index in [1.54, 1.807) is 12.1 Å². The highest BCUT2D eigenvalue weighted by Crippen LogP contribution is 2.29. The van der Waals surface area contributed by atoms with Crippen LogP contribution in [-0.4, -0.2) is 4.92 Å². The SMILES string of the molecule is C[C@@H](N)c1cccc(OCc2cccc([N+](=O)[O-])c2Br)c1. The van der Waals surface area contributed by atoms with Crippen molar-refractivity contribution in [3.8, 4) is 5.75 Å². The summed E-state index contributed by atoms with van der Waals surface area (Å²) < 4.78 is 6.13. The molecule has 5 nitrogen and oxygen atoms in total. The molecule has 0 bridgehead atoms. The smallest absolute Gasteiger partial charge is 0.283 e. The highest BCUT2D eigenvalue weighted by atomic mass is 79.9. The lowest BCUT2D eigenvalue weighted by Gasteiger charge is -2.11. The van der Waals surface area contributed by atoms with Gasteiger partial charge in [-0.15, -0.1) is 0 Å². The van der Waals surface area contributed by atoms with Gasteiger partial charge in [-0.3, -0.25) is 10.1 Å². The molecule has 0 heterocycles. The number of benzene rings is 2. The first-order valence-electron chi connectivity index (χ1n) is 6.39. The van der Waals surface area contributed by atoms with Crippen LogP contribution < -0.4 is 10.5 Å². The van der Waals surface area contributed by atoms with Crippen molar-refractivity contribution in [3.05, 3.63) is 68.2 Å². The van der Waals surface area contributed by atoms with Crippen molar-refractivity contribution in [1.82, 2.24) is 0 Å². The Morgan fingerprint density at radius 1 is 1.33 bits per heavy atom. The fourth-order valence-corrected chi connectivity index (χ4v) is 2.39. The molecule has 110 valence electrons. The van der Waals surface area contributed by atoms with Crippen molar-refractivity contribution in [2.75, 3.05) is 0 Å². The molecule has 6 heteroatoms. The predicted molar refractivity (Wildman–Crippen MR) is 84.2 cm³/mol. The summed E-state index contributed by atoms with van der Waals surface area (Å²) in [6.07, 6.45) is 0. The molecule has 0 radical (unpaired) electrons. The molecule has 0 aliphatic heterocycles. The monoisotopic (exact) mass is 350 g/mol. The van der Waals surface area contributed by atoms with Crippen molar-refractivity contribution in [2.45, 2.75) is 19.6 Å². The van der Waals surface area contributed by atoms with E-state index in [1.165, 1.54) is 6.07 Å². The maximum absolute atomic E-state index is 10.9. The fraction of sp³-hybridized carbons (Fsp3) is 0.200. The van der Waals surface area contributed by atoms with Crippen LogP contribution >= 0.6 is 15.9 Å². The highest BCUT2D eigenvalue weighted by Gasteiger charge is 2.15. The maximum Gasteiger partial charge on any atom is 0.283 e. The zero-order valence-electron chi connectivity index (χ0n) is 11.5. The number of rotatable bonds is 5. The molecule has 0 fully saturated rings. The number of nitro groups is 1. The van der Waals surface area contributed by atoms with Crippen LogP contribution in [0.2, 0.25) is 0 Å². The van der Waals surface area contributed by atoms with Crippen molar-refractivity contribution >= 4 is 21.6 Å². The number of halogens is 1. The second-order valence-electron chi connectivity index (χ2n) is 4.66. The number of nitrogens with two attached hydrogens (primary N) is 1. The van der Waals surface area contributed by atoms with Crippen LogP contribution in [0.5, 0.6) is 5.75 Å².